The Hall–Kier alpha value is -3.35. The van der Waals surface area contributed by atoms with E-state index in [1.165, 1.54) is 6.92 Å². The molecule has 170 valence electrons. The summed E-state index contributed by atoms with van der Waals surface area (Å²) >= 11 is 0. The summed E-state index contributed by atoms with van der Waals surface area (Å²) in [5, 5.41) is 14.3. The lowest BCUT2D eigenvalue weighted by Crippen LogP contribution is -2.54. The van der Waals surface area contributed by atoms with E-state index in [1.807, 2.05) is 57.2 Å². The number of ether oxygens (including phenoxy) is 1. The van der Waals surface area contributed by atoms with Gasteiger partial charge >= 0.3 is 12.1 Å². The number of aliphatic carboxylic acids is 1. The summed E-state index contributed by atoms with van der Waals surface area (Å²) in [6.45, 7) is 7.10. The van der Waals surface area contributed by atoms with Crippen molar-refractivity contribution in [3.63, 3.8) is 0 Å². The van der Waals surface area contributed by atoms with E-state index < -0.39 is 35.3 Å². The van der Waals surface area contributed by atoms with Crippen LogP contribution in [0.2, 0.25) is 0 Å². The number of carboxylic acids is 1. The molecule has 1 unspecified atom stereocenters. The van der Waals surface area contributed by atoms with Crippen molar-refractivity contribution in [2.24, 2.45) is 11.3 Å². The van der Waals surface area contributed by atoms with Crippen molar-refractivity contribution in [2.45, 2.75) is 39.7 Å². The van der Waals surface area contributed by atoms with E-state index in [1.54, 1.807) is 0 Å². The molecule has 0 bridgehead atoms. The number of nitrogens with one attached hydrogen (secondary N) is 2. The number of carboxylic acid groups (broad SMARTS) is 1. The first-order valence-electron chi connectivity index (χ1n) is 10.7. The molecule has 3 rings (SSSR count). The Balaban J connectivity index is 1.66. The molecule has 0 saturated carbocycles. The summed E-state index contributed by atoms with van der Waals surface area (Å²) in [6, 6.07) is 15.2. The van der Waals surface area contributed by atoms with Gasteiger partial charge in [0.05, 0.1) is 5.92 Å². The predicted octanol–water partition coefficient (Wildman–Crippen LogP) is 3.78. The number of carbonyl (C=O) groups is 3. The first-order chi connectivity index (χ1) is 15.1. The van der Waals surface area contributed by atoms with Gasteiger partial charge in [0.2, 0.25) is 5.91 Å². The maximum absolute atomic E-state index is 12.7. The first kappa shape index (κ1) is 23.3. The SMILES string of the molecule is CC(CNC(=O)[C@H](NC(=O)OCC1c2ccccc2-c2ccccc21)C(C)(C)C)C(=O)O. The Kier molecular flexibility index (Phi) is 6.87. The lowest BCUT2D eigenvalue weighted by atomic mass is 9.86. The lowest BCUT2D eigenvalue weighted by molar-refractivity contribution is -0.141. The average molecular weight is 439 g/mol. The van der Waals surface area contributed by atoms with Gasteiger partial charge in [0.15, 0.2) is 0 Å². The molecule has 1 aliphatic carbocycles. The second-order valence-corrected chi connectivity index (χ2v) is 9.25. The van der Waals surface area contributed by atoms with E-state index in [0.29, 0.717) is 0 Å². The fraction of sp³-hybridized carbons (Fsp3) is 0.400. The van der Waals surface area contributed by atoms with Gasteiger partial charge in [-0.05, 0) is 27.7 Å². The van der Waals surface area contributed by atoms with E-state index in [9.17, 15) is 14.4 Å². The van der Waals surface area contributed by atoms with Gasteiger partial charge in [-0.3, -0.25) is 9.59 Å². The molecule has 0 spiro atoms. The van der Waals surface area contributed by atoms with Gasteiger partial charge in [-0.15, -0.1) is 0 Å². The van der Waals surface area contributed by atoms with Crippen molar-refractivity contribution in [1.82, 2.24) is 10.6 Å². The summed E-state index contributed by atoms with van der Waals surface area (Å²) in [5.74, 6) is -2.25. The average Bonchev–Trinajstić information content (AvgIpc) is 3.07. The van der Waals surface area contributed by atoms with Gasteiger partial charge in [-0.2, -0.15) is 0 Å². The van der Waals surface area contributed by atoms with Crippen LogP contribution in [-0.2, 0) is 14.3 Å². The molecule has 32 heavy (non-hydrogen) atoms. The van der Waals surface area contributed by atoms with Crippen LogP contribution in [0.1, 0.15) is 44.7 Å². The molecule has 7 heteroatoms. The molecule has 0 heterocycles. The van der Waals surface area contributed by atoms with Crippen LogP contribution in [0, 0.1) is 11.3 Å². The monoisotopic (exact) mass is 438 g/mol. The molecule has 1 aliphatic rings. The Morgan fingerprint density at radius 3 is 2.03 bits per heavy atom. The van der Waals surface area contributed by atoms with E-state index in [0.717, 1.165) is 22.3 Å². The largest absolute Gasteiger partial charge is 0.481 e. The highest BCUT2D eigenvalue weighted by Gasteiger charge is 2.34. The maximum atomic E-state index is 12.7. The Bertz CT molecular complexity index is 966. The molecule has 0 saturated heterocycles. The second kappa shape index (κ2) is 9.42. The molecule has 0 aromatic heterocycles. The number of amides is 2. The van der Waals surface area contributed by atoms with E-state index in [4.69, 9.17) is 9.84 Å². The molecule has 3 N–H and O–H groups in total. The molecule has 7 nitrogen and oxygen atoms in total. The van der Waals surface area contributed by atoms with E-state index in [-0.39, 0.29) is 19.1 Å². The third kappa shape index (κ3) is 5.10. The van der Waals surface area contributed by atoms with Crippen LogP contribution in [-0.4, -0.2) is 42.3 Å². The van der Waals surface area contributed by atoms with E-state index in [2.05, 4.69) is 22.8 Å². The molecule has 0 aliphatic heterocycles. The van der Waals surface area contributed by atoms with Crippen molar-refractivity contribution >= 4 is 18.0 Å². The Labute approximate surface area is 188 Å². The van der Waals surface area contributed by atoms with Crippen LogP contribution < -0.4 is 10.6 Å². The molecule has 2 aromatic carbocycles. The zero-order valence-electron chi connectivity index (χ0n) is 18.8. The third-order valence-corrected chi connectivity index (χ3v) is 5.74. The van der Waals surface area contributed by atoms with E-state index >= 15 is 0 Å². The van der Waals surface area contributed by atoms with Crippen molar-refractivity contribution in [2.75, 3.05) is 13.2 Å². The molecular formula is C25H30N2O5. The third-order valence-electron chi connectivity index (χ3n) is 5.74. The van der Waals surface area contributed by atoms with Gasteiger partial charge in [0.25, 0.3) is 0 Å². The number of hydrogen-bond donors (Lipinski definition) is 3. The number of alkyl carbamates (subject to hydrolysis) is 1. The number of hydrogen-bond acceptors (Lipinski definition) is 4. The fourth-order valence-electron chi connectivity index (χ4n) is 3.88. The molecular weight excluding hydrogens is 408 g/mol. The number of fused-ring (bicyclic) bond motifs is 3. The highest BCUT2D eigenvalue weighted by molar-refractivity contribution is 5.87. The topological polar surface area (TPSA) is 105 Å². The molecule has 2 atom stereocenters. The van der Waals surface area contributed by atoms with Gasteiger partial charge in [0, 0.05) is 12.5 Å². The zero-order chi connectivity index (χ0) is 23.5. The minimum atomic E-state index is -0.998. The first-order valence-corrected chi connectivity index (χ1v) is 10.7. The molecule has 2 amide bonds. The van der Waals surface area contributed by atoms with Crippen LogP contribution in [0.25, 0.3) is 11.1 Å². The Morgan fingerprint density at radius 2 is 1.53 bits per heavy atom. The van der Waals surface area contributed by atoms with Crippen LogP contribution in [0.5, 0.6) is 0 Å². The van der Waals surface area contributed by atoms with Crippen molar-refractivity contribution in [3.8, 4) is 11.1 Å². The number of rotatable bonds is 7. The smallest absolute Gasteiger partial charge is 0.407 e. The normalized spacial score (nSPS) is 14.6. The standard InChI is InChI=1S/C25H30N2O5/c1-15(23(29)30)13-26-22(28)21(25(2,3)4)27-24(31)32-14-20-18-11-7-5-9-16(18)17-10-6-8-12-19(17)20/h5-12,15,20-21H,13-14H2,1-4H3,(H,26,28)(H,27,31)(H,29,30)/t15?,21-/m0/s1. The number of benzene rings is 2. The minimum Gasteiger partial charge on any atom is -0.481 e. The minimum absolute atomic E-state index is 0.0207. The maximum Gasteiger partial charge on any atom is 0.407 e. The number of carbonyl (C=O) groups excluding carboxylic acids is 2. The van der Waals surface area contributed by atoms with Crippen LogP contribution in [0.3, 0.4) is 0 Å². The van der Waals surface area contributed by atoms with Gasteiger partial charge in [-0.1, -0.05) is 76.2 Å². The van der Waals surface area contributed by atoms with Gasteiger partial charge in [0.1, 0.15) is 12.6 Å². The lowest BCUT2D eigenvalue weighted by Gasteiger charge is -2.30. The summed E-state index contributed by atoms with van der Waals surface area (Å²) in [5.41, 5.74) is 3.89. The molecule has 0 radical (unpaired) electrons. The van der Waals surface area contributed by atoms with Crippen LogP contribution in [0.15, 0.2) is 48.5 Å². The highest BCUT2D eigenvalue weighted by Crippen LogP contribution is 2.44. The fourth-order valence-corrected chi connectivity index (χ4v) is 3.88. The molecule has 0 fully saturated rings. The van der Waals surface area contributed by atoms with Crippen molar-refractivity contribution in [3.05, 3.63) is 59.7 Å². The zero-order valence-corrected chi connectivity index (χ0v) is 18.8. The summed E-state index contributed by atoms with van der Waals surface area (Å²) in [7, 11) is 0. The summed E-state index contributed by atoms with van der Waals surface area (Å²) in [6.07, 6.45) is -0.687. The van der Waals surface area contributed by atoms with Crippen LogP contribution in [0.4, 0.5) is 4.79 Å². The van der Waals surface area contributed by atoms with Gasteiger partial charge in [-0.25, -0.2) is 4.79 Å². The summed E-state index contributed by atoms with van der Waals surface area (Å²) < 4.78 is 5.56. The summed E-state index contributed by atoms with van der Waals surface area (Å²) in [4.78, 5) is 36.3. The van der Waals surface area contributed by atoms with Crippen molar-refractivity contribution in [1.29, 1.82) is 0 Å². The second-order valence-electron chi connectivity index (χ2n) is 9.25. The predicted molar refractivity (Wildman–Crippen MR) is 121 cm³/mol. The molecule has 2 aromatic rings. The van der Waals surface area contributed by atoms with Crippen LogP contribution >= 0.6 is 0 Å². The van der Waals surface area contributed by atoms with Gasteiger partial charge < -0.3 is 20.5 Å². The quantitative estimate of drug-likeness (QED) is 0.610. The highest BCUT2D eigenvalue weighted by atomic mass is 16.5. The Morgan fingerprint density at radius 1 is 1.00 bits per heavy atom. The van der Waals surface area contributed by atoms with Crippen molar-refractivity contribution < 1.29 is 24.2 Å².